The SMILES string of the molecule is CC(C)CCc1ccc(Cl)cc1N. The third-order valence-corrected chi connectivity index (χ3v) is 2.33. The van der Waals surface area contributed by atoms with E-state index in [-0.39, 0.29) is 0 Å². The van der Waals surface area contributed by atoms with E-state index in [9.17, 15) is 0 Å². The number of anilines is 1. The van der Waals surface area contributed by atoms with E-state index in [0.29, 0.717) is 5.02 Å². The number of hydrogen-bond acceptors (Lipinski definition) is 1. The highest BCUT2D eigenvalue weighted by Crippen LogP contribution is 2.20. The molecule has 2 heteroatoms. The van der Waals surface area contributed by atoms with Gasteiger partial charge in [0.15, 0.2) is 0 Å². The minimum atomic E-state index is 0.714. The van der Waals surface area contributed by atoms with E-state index in [1.165, 1.54) is 12.0 Å². The second-order valence-corrected chi connectivity index (χ2v) is 4.21. The summed E-state index contributed by atoms with van der Waals surface area (Å²) in [4.78, 5) is 0. The van der Waals surface area contributed by atoms with Gasteiger partial charge in [-0.25, -0.2) is 0 Å². The average Bonchev–Trinajstić information content (AvgIpc) is 2.02. The summed E-state index contributed by atoms with van der Waals surface area (Å²) >= 11 is 5.80. The Morgan fingerprint density at radius 1 is 1.38 bits per heavy atom. The Morgan fingerprint density at radius 2 is 2.08 bits per heavy atom. The fraction of sp³-hybridized carbons (Fsp3) is 0.455. The molecule has 1 aromatic rings. The van der Waals surface area contributed by atoms with Crippen LogP contribution in [0.4, 0.5) is 5.69 Å². The monoisotopic (exact) mass is 197 g/mol. The van der Waals surface area contributed by atoms with Crippen molar-refractivity contribution >= 4 is 17.3 Å². The highest BCUT2D eigenvalue weighted by atomic mass is 35.5. The van der Waals surface area contributed by atoms with E-state index in [1.807, 2.05) is 18.2 Å². The van der Waals surface area contributed by atoms with Gasteiger partial charge in [0.05, 0.1) is 0 Å². The van der Waals surface area contributed by atoms with Crippen molar-refractivity contribution in [1.29, 1.82) is 0 Å². The molecule has 0 aliphatic heterocycles. The Labute approximate surface area is 84.9 Å². The summed E-state index contributed by atoms with van der Waals surface area (Å²) in [5, 5.41) is 0.714. The predicted molar refractivity (Wildman–Crippen MR) is 59.0 cm³/mol. The van der Waals surface area contributed by atoms with Gasteiger partial charge in [0, 0.05) is 10.7 Å². The summed E-state index contributed by atoms with van der Waals surface area (Å²) in [6, 6.07) is 5.73. The third-order valence-electron chi connectivity index (χ3n) is 2.10. The van der Waals surface area contributed by atoms with E-state index in [2.05, 4.69) is 13.8 Å². The zero-order valence-electron chi connectivity index (χ0n) is 8.18. The first-order valence-electron chi connectivity index (χ1n) is 4.63. The van der Waals surface area contributed by atoms with E-state index < -0.39 is 0 Å². The van der Waals surface area contributed by atoms with Crippen LogP contribution in [-0.4, -0.2) is 0 Å². The molecule has 0 bridgehead atoms. The van der Waals surface area contributed by atoms with Gasteiger partial charge in [-0.3, -0.25) is 0 Å². The van der Waals surface area contributed by atoms with Gasteiger partial charge in [0.25, 0.3) is 0 Å². The van der Waals surface area contributed by atoms with Gasteiger partial charge in [0.2, 0.25) is 0 Å². The molecule has 0 aliphatic carbocycles. The normalized spacial score (nSPS) is 10.8. The maximum Gasteiger partial charge on any atom is 0.0426 e. The molecule has 0 unspecified atom stereocenters. The molecule has 0 atom stereocenters. The second-order valence-electron chi connectivity index (χ2n) is 3.78. The first-order valence-corrected chi connectivity index (χ1v) is 5.01. The standard InChI is InChI=1S/C11H16ClN/c1-8(2)3-4-9-5-6-10(12)7-11(9)13/h5-8H,3-4,13H2,1-2H3. The zero-order valence-corrected chi connectivity index (χ0v) is 8.93. The van der Waals surface area contributed by atoms with Crippen molar-refractivity contribution in [2.75, 3.05) is 5.73 Å². The Balaban J connectivity index is 2.67. The van der Waals surface area contributed by atoms with Crippen molar-refractivity contribution in [2.24, 2.45) is 5.92 Å². The lowest BCUT2D eigenvalue weighted by molar-refractivity contribution is 0.587. The van der Waals surface area contributed by atoms with Crippen LogP contribution in [0, 0.1) is 5.92 Å². The van der Waals surface area contributed by atoms with Crippen molar-refractivity contribution in [3.63, 3.8) is 0 Å². The maximum absolute atomic E-state index is 5.82. The van der Waals surface area contributed by atoms with Crippen molar-refractivity contribution in [3.8, 4) is 0 Å². The molecule has 1 nitrogen and oxygen atoms in total. The topological polar surface area (TPSA) is 26.0 Å². The number of nitrogen functional groups attached to an aromatic ring is 1. The molecule has 0 fully saturated rings. The quantitative estimate of drug-likeness (QED) is 0.738. The summed E-state index contributed by atoms with van der Waals surface area (Å²) in [6.45, 7) is 4.43. The minimum absolute atomic E-state index is 0.714. The van der Waals surface area contributed by atoms with Gasteiger partial charge in [-0.15, -0.1) is 0 Å². The molecule has 0 spiro atoms. The number of halogens is 1. The largest absolute Gasteiger partial charge is 0.398 e. The van der Waals surface area contributed by atoms with Crippen LogP contribution in [0.2, 0.25) is 5.02 Å². The van der Waals surface area contributed by atoms with Gasteiger partial charge in [-0.05, 0) is 36.5 Å². The molecule has 13 heavy (non-hydrogen) atoms. The first kappa shape index (κ1) is 10.4. The Kier molecular flexibility index (Phi) is 3.61. The lowest BCUT2D eigenvalue weighted by Gasteiger charge is -2.07. The minimum Gasteiger partial charge on any atom is -0.398 e. The van der Waals surface area contributed by atoms with Crippen LogP contribution in [0.25, 0.3) is 0 Å². The van der Waals surface area contributed by atoms with E-state index in [1.54, 1.807) is 0 Å². The fourth-order valence-electron chi connectivity index (χ4n) is 1.24. The Hall–Kier alpha value is -0.690. The molecular weight excluding hydrogens is 182 g/mol. The zero-order chi connectivity index (χ0) is 9.84. The molecule has 0 radical (unpaired) electrons. The summed E-state index contributed by atoms with van der Waals surface area (Å²) in [5.74, 6) is 0.718. The van der Waals surface area contributed by atoms with Gasteiger partial charge in [0.1, 0.15) is 0 Å². The summed E-state index contributed by atoms with van der Waals surface area (Å²) in [5.41, 5.74) is 7.84. The first-order chi connectivity index (χ1) is 6.09. The van der Waals surface area contributed by atoms with Crippen molar-refractivity contribution < 1.29 is 0 Å². The molecule has 0 amide bonds. The van der Waals surface area contributed by atoms with Crippen LogP contribution in [-0.2, 0) is 6.42 Å². The number of nitrogens with two attached hydrogens (primary N) is 1. The Morgan fingerprint density at radius 3 is 2.62 bits per heavy atom. The van der Waals surface area contributed by atoms with Crippen molar-refractivity contribution in [2.45, 2.75) is 26.7 Å². The van der Waals surface area contributed by atoms with Crippen molar-refractivity contribution in [1.82, 2.24) is 0 Å². The highest BCUT2D eigenvalue weighted by molar-refractivity contribution is 6.30. The van der Waals surface area contributed by atoms with E-state index in [0.717, 1.165) is 18.0 Å². The average molecular weight is 198 g/mol. The van der Waals surface area contributed by atoms with Crippen LogP contribution >= 0.6 is 11.6 Å². The van der Waals surface area contributed by atoms with Gasteiger partial charge in [-0.2, -0.15) is 0 Å². The predicted octanol–water partition coefficient (Wildman–Crippen LogP) is 3.51. The summed E-state index contributed by atoms with van der Waals surface area (Å²) in [7, 11) is 0. The van der Waals surface area contributed by atoms with E-state index in [4.69, 9.17) is 17.3 Å². The number of benzene rings is 1. The van der Waals surface area contributed by atoms with E-state index >= 15 is 0 Å². The molecule has 1 aromatic carbocycles. The molecular formula is C11H16ClN. The molecule has 0 aliphatic rings. The van der Waals surface area contributed by atoms with Crippen molar-refractivity contribution in [3.05, 3.63) is 28.8 Å². The molecule has 2 N–H and O–H groups in total. The van der Waals surface area contributed by atoms with Gasteiger partial charge in [-0.1, -0.05) is 31.5 Å². The lowest BCUT2D eigenvalue weighted by Crippen LogP contribution is -1.97. The molecule has 0 saturated heterocycles. The van der Waals surface area contributed by atoms with Crippen LogP contribution in [0.1, 0.15) is 25.8 Å². The highest BCUT2D eigenvalue weighted by Gasteiger charge is 2.01. The summed E-state index contributed by atoms with van der Waals surface area (Å²) < 4.78 is 0. The van der Waals surface area contributed by atoms with Crippen LogP contribution in [0.15, 0.2) is 18.2 Å². The number of rotatable bonds is 3. The second kappa shape index (κ2) is 4.52. The number of hydrogen-bond donors (Lipinski definition) is 1. The Bertz CT molecular complexity index is 281. The molecule has 0 aromatic heterocycles. The number of aryl methyl sites for hydroxylation is 1. The van der Waals surface area contributed by atoms with Gasteiger partial charge < -0.3 is 5.73 Å². The molecule has 0 saturated carbocycles. The molecule has 0 heterocycles. The third kappa shape index (κ3) is 3.27. The fourth-order valence-corrected chi connectivity index (χ4v) is 1.42. The lowest BCUT2D eigenvalue weighted by atomic mass is 10.0. The van der Waals surface area contributed by atoms with Crippen LogP contribution < -0.4 is 5.73 Å². The van der Waals surface area contributed by atoms with Crippen LogP contribution in [0.3, 0.4) is 0 Å². The van der Waals surface area contributed by atoms with Gasteiger partial charge >= 0.3 is 0 Å². The smallest absolute Gasteiger partial charge is 0.0426 e. The van der Waals surface area contributed by atoms with Crippen LogP contribution in [0.5, 0.6) is 0 Å². The maximum atomic E-state index is 5.82. The molecule has 1 rings (SSSR count). The molecule has 72 valence electrons. The summed E-state index contributed by atoms with van der Waals surface area (Å²) in [6.07, 6.45) is 2.21.